The molecule has 1 fully saturated rings. The summed E-state index contributed by atoms with van der Waals surface area (Å²) >= 11 is 0. The number of nitrogens with zero attached hydrogens (tertiary/aromatic N) is 3. The topological polar surface area (TPSA) is 69.0 Å². The number of hydrogen-bond acceptors (Lipinski definition) is 4. The largest absolute Gasteiger partial charge is 0.433 e. The average Bonchev–Trinajstić information content (AvgIpc) is 2.40. The molecule has 1 saturated heterocycles. The van der Waals surface area contributed by atoms with Crippen molar-refractivity contribution in [2.45, 2.75) is 19.1 Å². The number of carbonyl (C=O) groups is 1. The van der Waals surface area contributed by atoms with Gasteiger partial charge in [0, 0.05) is 13.1 Å². The molecule has 2 heterocycles. The Bertz CT molecular complexity index is 579. The van der Waals surface area contributed by atoms with Gasteiger partial charge in [-0.1, -0.05) is 0 Å². The molecule has 0 radical (unpaired) electrons. The van der Waals surface area contributed by atoms with Crippen molar-refractivity contribution in [1.82, 2.24) is 10.3 Å². The summed E-state index contributed by atoms with van der Waals surface area (Å²) in [5.74, 6) is -0.413. The first-order chi connectivity index (χ1) is 9.34. The van der Waals surface area contributed by atoms with E-state index in [9.17, 15) is 18.0 Å². The number of amides is 1. The molecule has 0 aliphatic carbocycles. The normalized spacial score (nSPS) is 19.4. The number of piperazine rings is 1. The fraction of sp³-hybridized carbons (Fsp3) is 0.417. The van der Waals surface area contributed by atoms with E-state index in [0.717, 1.165) is 12.1 Å². The minimum Gasteiger partial charge on any atom is -0.353 e. The van der Waals surface area contributed by atoms with Crippen LogP contribution >= 0.6 is 0 Å². The van der Waals surface area contributed by atoms with E-state index in [-0.39, 0.29) is 17.3 Å². The van der Waals surface area contributed by atoms with E-state index in [2.05, 4.69) is 10.3 Å². The van der Waals surface area contributed by atoms with Crippen LogP contribution in [-0.2, 0) is 11.0 Å². The van der Waals surface area contributed by atoms with Crippen molar-refractivity contribution in [3.05, 3.63) is 23.4 Å². The van der Waals surface area contributed by atoms with Crippen LogP contribution in [0.3, 0.4) is 0 Å². The lowest BCUT2D eigenvalue weighted by Gasteiger charge is -2.34. The van der Waals surface area contributed by atoms with E-state index in [0.29, 0.717) is 13.1 Å². The lowest BCUT2D eigenvalue weighted by Crippen LogP contribution is -2.54. The van der Waals surface area contributed by atoms with Gasteiger partial charge in [0.15, 0.2) is 0 Å². The minimum absolute atomic E-state index is 0.0135. The predicted octanol–water partition coefficient (Wildman–Crippen LogP) is 1.30. The zero-order valence-electron chi connectivity index (χ0n) is 10.5. The molecule has 1 aromatic heterocycles. The molecule has 5 nitrogen and oxygen atoms in total. The quantitative estimate of drug-likeness (QED) is 0.844. The first kappa shape index (κ1) is 14.1. The SMILES string of the molecule is CC1C(=O)NCCN1c1nc(C(F)(F)F)ccc1C#N. The summed E-state index contributed by atoms with van der Waals surface area (Å²) in [5, 5.41) is 11.6. The van der Waals surface area contributed by atoms with Gasteiger partial charge in [-0.3, -0.25) is 4.79 Å². The maximum Gasteiger partial charge on any atom is 0.433 e. The molecule has 0 bridgehead atoms. The molecule has 0 aromatic carbocycles. The van der Waals surface area contributed by atoms with Crippen molar-refractivity contribution in [2.24, 2.45) is 0 Å². The van der Waals surface area contributed by atoms with E-state index in [4.69, 9.17) is 5.26 Å². The van der Waals surface area contributed by atoms with Gasteiger partial charge in [-0.2, -0.15) is 18.4 Å². The van der Waals surface area contributed by atoms with Crippen molar-refractivity contribution in [2.75, 3.05) is 18.0 Å². The van der Waals surface area contributed by atoms with Gasteiger partial charge in [0.05, 0.1) is 5.56 Å². The number of aromatic nitrogens is 1. The summed E-state index contributed by atoms with van der Waals surface area (Å²) in [7, 11) is 0. The monoisotopic (exact) mass is 284 g/mol. The summed E-state index contributed by atoms with van der Waals surface area (Å²) < 4.78 is 38.1. The van der Waals surface area contributed by atoms with Gasteiger partial charge in [-0.25, -0.2) is 4.98 Å². The average molecular weight is 284 g/mol. The van der Waals surface area contributed by atoms with Gasteiger partial charge in [-0.05, 0) is 19.1 Å². The third kappa shape index (κ3) is 2.52. The molecule has 0 saturated carbocycles. The fourth-order valence-corrected chi connectivity index (χ4v) is 1.98. The zero-order valence-corrected chi connectivity index (χ0v) is 10.5. The Labute approximate surface area is 113 Å². The van der Waals surface area contributed by atoms with Crippen molar-refractivity contribution in [1.29, 1.82) is 5.26 Å². The molecule has 8 heteroatoms. The number of hydrogen-bond donors (Lipinski definition) is 1. The molecule has 1 aliphatic heterocycles. The van der Waals surface area contributed by atoms with Crippen molar-refractivity contribution >= 4 is 11.7 Å². The summed E-state index contributed by atoms with van der Waals surface area (Å²) in [6.07, 6.45) is -4.59. The molecule has 20 heavy (non-hydrogen) atoms. The second-order valence-corrected chi connectivity index (χ2v) is 4.34. The van der Waals surface area contributed by atoms with Crippen LogP contribution in [0, 0.1) is 11.3 Å². The van der Waals surface area contributed by atoms with Crippen LogP contribution in [0.15, 0.2) is 12.1 Å². The Morgan fingerprint density at radius 3 is 2.80 bits per heavy atom. The molecular formula is C12H11F3N4O. The van der Waals surface area contributed by atoms with Crippen LogP contribution in [0.2, 0.25) is 0 Å². The number of rotatable bonds is 1. The number of halogens is 3. The van der Waals surface area contributed by atoms with Crippen LogP contribution in [0.1, 0.15) is 18.2 Å². The zero-order chi connectivity index (χ0) is 14.9. The van der Waals surface area contributed by atoms with Crippen molar-refractivity contribution in [3.63, 3.8) is 0 Å². The maximum absolute atomic E-state index is 12.7. The van der Waals surface area contributed by atoms with Crippen LogP contribution in [0.5, 0.6) is 0 Å². The van der Waals surface area contributed by atoms with E-state index in [1.807, 2.05) is 0 Å². The minimum atomic E-state index is -4.59. The number of pyridine rings is 1. The summed E-state index contributed by atoms with van der Waals surface area (Å²) in [6.45, 7) is 2.15. The Morgan fingerprint density at radius 1 is 1.50 bits per heavy atom. The fourth-order valence-electron chi connectivity index (χ4n) is 1.98. The third-order valence-electron chi connectivity index (χ3n) is 3.06. The van der Waals surface area contributed by atoms with E-state index < -0.39 is 17.9 Å². The Kier molecular flexibility index (Phi) is 3.53. The Balaban J connectivity index is 2.48. The summed E-state index contributed by atoms with van der Waals surface area (Å²) in [5.41, 5.74) is -1.07. The van der Waals surface area contributed by atoms with Crippen molar-refractivity contribution in [3.8, 4) is 6.07 Å². The van der Waals surface area contributed by atoms with Gasteiger partial charge in [0.1, 0.15) is 23.6 Å². The van der Waals surface area contributed by atoms with Gasteiger partial charge in [0.2, 0.25) is 5.91 Å². The smallest absolute Gasteiger partial charge is 0.353 e. The molecule has 1 amide bonds. The molecule has 2 rings (SSSR count). The van der Waals surface area contributed by atoms with E-state index in [1.54, 1.807) is 13.0 Å². The molecular weight excluding hydrogens is 273 g/mol. The highest BCUT2D eigenvalue weighted by Gasteiger charge is 2.35. The van der Waals surface area contributed by atoms with Crippen LogP contribution in [0.25, 0.3) is 0 Å². The van der Waals surface area contributed by atoms with E-state index in [1.165, 1.54) is 4.90 Å². The number of anilines is 1. The highest BCUT2D eigenvalue weighted by Crippen LogP contribution is 2.31. The van der Waals surface area contributed by atoms with Crippen molar-refractivity contribution < 1.29 is 18.0 Å². The predicted molar refractivity (Wildman–Crippen MR) is 63.8 cm³/mol. The molecule has 1 atom stereocenters. The molecule has 1 aromatic rings. The Hall–Kier alpha value is -2.30. The summed E-state index contributed by atoms with van der Waals surface area (Å²) in [4.78, 5) is 16.5. The van der Waals surface area contributed by atoms with Gasteiger partial charge in [0.25, 0.3) is 0 Å². The highest BCUT2D eigenvalue weighted by atomic mass is 19.4. The second kappa shape index (κ2) is 5.00. The standard InChI is InChI=1S/C12H11F3N4O/c1-7-11(20)17-4-5-19(7)10-8(6-16)2-3-9(18-10)12(13,14)15/h2-3,7H,4-5H2,1H3,(H,17,20). The number of carbonyl (C=O) groups excluding carboxylic acids is 1. The van der Waals surface area contributed by atoms with Gasteiger partial charge in [-0.15, -0.1) is 0 Å². The molecule has 1 N–H and O–H groups in total. The first-order valence-electron chi connectivity index (χ1n) is 5.87. The van der Waals surface area contributed by atoms with Gasteiger partial charge >= 0.3 is 6.18 Å². The summed E-state index contributed by atoms with van der Waals surface area (Å²) in [6, 6.07) is 2.96. The number of alkyl halides is 3. The van der Waals surface area contributed by atoms with E-state index >= 15 is 0 Å². The highest BCUT2D eigenvalue weighted by molar-refractivity contribution is 5.86. The lowest BCUT2D eigenvalue weighted by molar-refractivity contribution is -0.141. The lowest BCUT2D eigenvalue weighted by atomic mass is 10.1. The second-order valence-electron chi connectivity index (χ2n) is 4.34. The van der Waals surface area contributed by atoms with Gasteiger partial charge < -0.3 is 10.2 Å². The van der Waals surface area contributed by atoms with Crippen LogP contribution < -0.4 is 10.2 Å². The third-order valence-corrected chi connectivity index (χ3v) is 3.06. The molecule has 106 valence electrons. The number of nitriles is 1. The first-order valence-corrected chi connectivity index (χ1v) is 5.87. The Morgan fingerprint density at radius 2 is 2.20 bits per heavy atom. The number of nitrogens with one attached hydrogen (secondary N) is 1. The molecule has 1 unspecified atom stereocenters. The molecule has 1 aliphatic rings. The van der Waals surface area contributed by atoms with Crippen LogP contribution in [-0.4, -0.2) is 30.0 Å². The molecule has 0 spiro atoms. The van der Waals surface area contributed by atoms with Crippen LogP contribution in [0.4, 0.5) is 19.0 Å². The maximum atomic E-state index is 12.7.